The molecule has 0 atom stereocenters. The molecule has 1 aliphatic rings. The lowest BCUT2D eigenvalue weighted by atomic mass is 9.94. The first-order chi connectivity index (χ1) is 19.9. The van der Waals surface area contributed by atoms with E-state index in [-0.39, 0.29) is 47.0 Å². The van der Waals surface area contributed by atoms with Crippen molar-refractivity contribution in [3.05, 3.63) is 64.2 Å². The molecule has 2 aromatic carbocycles. The normalized spacial score (nSPS) is 14.4. The van der Waals surface area contributed by atoms with E-state index in [1.807, 2.05) is 6.92 Å². The molecule has 1 saturated heterocycles. The summed E-state index contributed by atoms with van der Waals surface area (Å²) in [6.45, 7) is 4.08. The van der Waals surface area contributed by atoms with E-state index in [1.165, 1.54) is 18.2 Å². The third-order valence-corrected chi connectivity index (χ3v) is 8.08. The molecule has 3 N–H and O–H groups in total. The summed E-state index contributed by atoms with van der Waals surface area (Å²) in [6.07, 6.45) is -1.90. The zero-order valence-electron chi connectivity index (χ0n) is 23.2. The first-order valence-corrected chi connectivity index (χ1v) is 14.8. The van der Waals surface area contributed by atoms with Crippen molar-refractivity contribution >= 4 is 45.5 Å². The Hall–Kier alpha value is -3.09. The SMILES string of the molecule is CCCCN(C(=N)SC(=N)c1ccc(OCCN2CCC(CC(=O)O)CC2)cc1C(F)(F)F)C(=O)c1ccccc1Cl. The summed E-state index contributed by atoms with van der Waals surface area (Å²) in [5.74, 6) is -1.25. The van der Waals surface area contributed by atoms with Crippen LogP contribution < -0.4 is 4.74 Å². The highest BCUT2D eigenvalue weighted by Crippen LogP contribution is 2.36. The van der Waals surface area contributed by atoms with E-state index < -0.39 is 34.2 Å². The standard InChI is InChI=1S/C29H34ClF3N4O4S/c1-2-3-12-37(27(40)22-6-4-5-7-24(22)30)28(35)42-26(34)21-9-8-20(18-23(21)29(31,32)33)41-16-15-36-13-10-19(11-14-36)17-25(38)39/h4-9,18-19,34-35H,2-3,10-17H2,1H3,(H,38,39). The fourth-order valence-electron chi connectivity index (χ4n) is 4.60. The maximum absolute atomic E-state index is 14.0. The summed E-state index contributed by atoms with van der Waals surface area (Å²) < 4.78 is 47.7. The van der Waals surface area contributed by atoms with Gasteiger partial charge in [-0.05, 0) is 80.4 Å². The van der Waals surface area contributed by atoms with Crippen molar-refractivity contribution in [3.63, 3.8) is 0 Å². The number of amides is 1. The number of alkyl halides is 3. The van der Waals surface area contributed by atoms with Crippen molar-refractivity contribution in [2.24, 2.45) is 5.92 Å². The quantitative estimate of drug-likeness (QED) is 0.185. The highest BCUT2D eigenvalue weighted by atomic mass is 35.5. The minimum atomic E-state index is -4.79. The number of ether oxygens (including phenoxy) is 1. The number of hydrogen-bond acceptors (Lipinski definition) is 7. The van der Waals surface area contributed by atoms with Gasteiger partial charge in [-0.15, -0.1) is 0 Å². The van der Waals surface area contributed by atoms with Crippen LogP contribution in [-0.4, -0.2) is 69.8 Å². The van der Waals surface area contributed by atoms with Gasteiger partial charge in [-0.1, -0.05) is 37.1 Å². The lowest BCUT2D eigenvalue weighted by Gasteiger charge is -2.31. The molecule has 228 valence electrons. The van der Waals surface area contributed by atoms with Gasteiger partial charge in [0, 0.05) is 25.1 Å². The van der Waals surface area contributed by atoms with Crippen LogP contribution in [0.5, 0.6) is 5.75 Å². The number of carbonyl (C=O) groups is 2. The number of carbonyl (C=O) groups excluding carboxylic acids is 1. The van der Waals surface area contributed by atoms with Crippen LogP contribution in [-0.2, 0) is 11.0 Å². The van der Waals surface area contributed by atoms with Crippen molar-refractivity contribution in [1.29, 1.82) is 10.8 Å². The average molecular weight is 627 g/mol. The minimum Gasteiger partial charge on any atom is -0.492 e. The first-order valence-electron chi connectivity index (χ1n) is 13.6. The van der Waals surface area contributed by atoms with Gasteiger partial charge in [0.05, 0.1) is 16.1 Å². The van der Waals surface area contributed by atoms with Gasteiger partial charge in [0.2, 0.25) is 0 Å². The molecular formula is C29H34ClF3N4O4S. The van der Waals surface area contributed by atoms with Gasteiger partial charge in [0.1, 0.15) is 17.4 Å². The molecule has 0 radical (unpaired) electrons. The largest absolute Gasteiger partial charge is 0.492 e. The molecule has 0 bridgehead atoms. The van der Waals surface area contributed by atoms with E-state index in [0.717, 1.165) is 29.9 Å². The molecule has 2 aromatic rings. The molecule has 13 heteroatoms. The summed E-state index contributed by atoms with van der Waals surface area (Å²) in [7, 11) is 0. The third kappa shape index (κ3) is 9.47. The molecule has 0 unspecified atom stereocenters. The number of nitrogens with one attached hydrogen (secondary N) is 2. The molecule has 1 heterocycles. The number of rotatable bonds is 11. The lowest BCUT2D eigenvalue weighted by Crippen LogP contribution is -2.37. The fourth-order valence-corrected chi connectivity index (χ4v) is 5.58. The molecule has 3 rings (SSSR count). The van der Waals surface area contributed by atoms with Crippen molar-refractivity contribution in [2.75, 3.05) is 32.8 Å². The van der Waals surface area contributed by atoms with Gasteiger partial charge in [-0.25, -0.2) is 0 Å². The Balaban J connectivity index is 1.67. The number of unbranched alkanes of at least 4 members (excludes halogenated alkanes) is 1. The summed E-state index contributed by atoms with van der Waals surface area (Å²) >= 11 is 6.63. The van der Waals surface area contributed by atoms with Gasteiger partial charge in [0.25, 0.3) is 5.91 Å². The minimum absolute atomic E-state index is 0.00168. The zero-order valence-corrected chi connectivity index (χ0v) is 24.7. The van der Waals surface area contributed by atoms with E-state index in [4.69, 9.17) is 32.3 Å². The Labute approximate surface area is 252 Å². The predicted octanol–water partition coefficient (Wildman–Crippen LogP) is 6.86. The van der Waals surface area contributed by atoms with Gasteiger partial charge < -0.3 is 9.84 Å². The second-order valence-corrected chi connectivity index (χ2v) is 11.4. The summed E-state index contributed by atoms with van der Waals surface area (Å²) in [5.41, 5.74) is -1.34. The van der Waals surface area contributed by atoms with Crippen LogP contribution >= 0.6 is 23.4 Å². The van der Waals surface area contributed by atoms with Crippen LogP contribution in [0, 0.1) is 16.7 Å². The van der Waals surface area contributed by atoms with E-state index in [2.05, 4.69) is 4.90 Å². The summed E-state index contributed by atoms with van der Waals surface area (Å²) in [6, 6.07) is 9.67. The molecule has 1 amide bonds. The number of amidine groups is 1. The first kappa shape index (κ1) is 33.4. The van der Waals surface area contributed by atoms with E-state index >= 15 is 0 Å². The molecule has 0 aromatic heterocycles. The molecule has 0 aliphatic carbocycles. The Morgan fingerprint density at radius 2 is 1.83 bits per heavy atom. The monoisotopic (exact) mass is 626 g/mol. The van der Waals surface area contributed by atoms with Crippen LogP contribution in [0.25, 0.3) is 0 Å². The Kier molecular flexibility index (Phi) is 12.3. The smallest absolute Gasteiger partial charge is 0.417 e. The molecule has 0 saturated carbocycles. The van der Waals surface area contributed by atoms with Crippen LogP contribution in [0.3, 0.4) is 0 Å². The second kappa shape index (κ2) is 15.4. The number of hydrogen-bond donors (Lipinski definition) is 3. The van der Waals surface area contributed by atoms with E-state index in [1.54, 1.807) is 12.1 Å². The highest BCUT2D eigenvalue weighted by Gasteiger charge is 2.36. The maximum Gasteiger partial charge on any atom is 0.417 e. The van der Waals surface area contributed by atoms with Crippen LogP contribution in [0.15, 0.2) is 42.5 Å². The van der Waals surface area contributed by atoms with E-state index in [0.29, 0.717) is 44.2 Å². The molecule has 0 spiro atoms. The topological polar surface area (TPSA) is 118 Å². The second-order valence-electron chi connectivity index (χ2n) is 9.96. The van der Waals surface area contributed by atoms with Gasteiger partial charge in [0.15, 0.2) is 5.17 Å². The molecule has 42 heavy (non-hydrogen) atoms. The number of piperidine rings is 1. The molecule has 8 nitrogen and oxygen atoms in total. The van der Waals surface area contributed by atoms with Crippen molar-refractivity contribution in [2.45, 2.75) is 45.2 Å². The number of likely N-dealkylation sites (tertiary alicyclic amines) is 1. The Morgan fingerprint density at radius 3 is 2.45 bits per heavy atom. The van der Waals surface area contributed by atoms with E-state index in [9.17, 15) is 22.8 Å². The number of halogens is 4. The van der Waals surface area contributed by atoms with Gasteiger partial charge in [-0.3, -0.25) is 30.2 Å². The number of nitrogens with zero attached hydrogens (tertiary/aromatic N) is 2. The van der Waals surface area contributed by atoms with Crippen LogP contribution in [0.1, 0.15) is 60.5 Å². The van der Waals surface area contributed by atoms with Crippen LogP contribution in [0.2, 0.25) is 5.02 Å². The highest BCUT2D eigenvalue weighted by molar-refractivity contribution is 8.26. The lowest BCUT2D eigenvalue weighted by molar-refractivity contribution is -0.139. The Bertz CT molecular complexity index is 1290. The van der Waals surface area contributed by atoms with Crippen molar-refractivity contribution < 1.29 is 32.6 Å². The number of thioether (sulfide) groups is 1. The number of carboxylic acid groups (broad SMARTS) is 1. The number of aliphatic carboxylic acids is 1. The molecular weight excluding hydrogens is 593 g/mol. The maximum atomic E-state index is 14.0. The number of carboxylic acids is 1. The summed E-state index contributed by atoms with van der Waals surface area (Å²) in [4.78, 5) is 27.3. The predicted molar refractivity (Wildman–Crippen MR) is 158 cm³/mol. The number of benzene rings is 2. The fraction of sp³-hybridized carbons (Fsp3) is 0.448. The molecule has 1 aliphatic heterocycles. The Morgan fingerprint density at radius 1 is 1.14 bits per heavy atom. The summed E-state index contributed by atoms with van der Waals surface area (Å²) in [5, 5.41) is 25.1. The van der Waals surface area contributed by atoms with Crippen molar-refractivity contribution in [3.8, 4) is 5.75 Å². The molecule has 1 fully saturated rings. The van der Waals surface area contributed by atoms with Crippen LogP contribution in [0.4, 0.5) is 13.2 Å². The van der Waals surface area contributed by atoms with Gasteiger partial charge in [-0.2, -0.15) is 13.2 Å². The average Bonchev–Trinajstić information content (AvgIpc) is 2.93. The third-order valence-electron chi connectivity index (χ3n) is 6.92. The zero-order chi connectivity index (χ0) is 30.9. The van der Waals surface area contributed by atoms with Crippen molar-refractivity contribution in [1.82, 2.24) is 9.80 Å². The van der Waals surface area contributed by atoms with Gasteiger partial charge >= 0.3 is 12.1 Å².